The lowest BCUT2D eigenvalue weighted by Gasteiger charge is -2.41. The smallest absolute Gasteiger partial charge is 0.310 e. The standard InChI is InChI=1S/C17H30N2O3/c1-4-22-17(21)15-9-6-10-18(11-15)12-16(20)19-13(2)7-5-8-14(19)3/h13-15H,4-12H2,1-3H3. The normalized spacial score (nSPS) is 30.1. The maximum Gasteiger partial charge on any atom is 0.310 e. The first-order valence-corrected chi connectivity index (χ1v) is 8.73. The van der Waals surface area contributed by atoms with Gasteiger partial charge in [0.15, 0.2) is 0 Å². The summed E-state index contributed by atoms with van der Waals surface area (Å²) in [5.41, 5.74) is 0. The summed E-state index contributed by atoms with van der Waals surface area (Å²) in [4.78, 5) is 28.7. The molecule has 0 aromatic carbocycles. The van der Waals surface area contributed by atoms with Gasteiger partial charge in [0.2, 0.25) is 5.91 Å². The number of hydrogen-bond donors (Lipinski definition) is 0. The van der Waals surface area contributed by atoms with Crippen LogP contribution in [0.15, 0.2) is 0 Å². The van der Waals surface area contributed by atoms with Gasteiger partial charge in [0.05, 0.1) is 19.1 Å². The largest absolute Gasteiger partial charge is 0.466 e. The molecule has 2 aliphatic heterocycles. The Kier molecular flexibility index (Phi) is 6.24. The predicted molar refractivity (Wildman–Crippen MR) is 85.4 cm³/mol. The highest BCUT2D eigenvalue weighted by atomic mass is 16.5. The van der Waals surface area contributed by atoms with Gasteiger partial charge in [0, 0.05) is 18.6 Å². The lowest BCUT2D eigenvalue weighted by molar-refractivity contribution is -0.151. The van der Waals surface area contributed by atoms with Crippen molar-refractivity contribution in [2.24, 2.45) is 5.92 Å². The Morgan fingerprint density at radius 3 is 2.41 bits per heavy atom. The number of ether oxygens (including phenoxy) is 1. The van der Waals surface area contributed by atoms with Crippen LogP contribution in [0.1, 0.15) is 52.9 Å². The molecular formula is C17H30N2O3. The molecule has 0 bridgehead atoms. The van der Waals surface area contributed by atoms with Gasteiger partial charge in [-0.05, 0) is 59.4 Å². The molecule has 5 heteroatoms. The number of carbonyl (C=O) groups is 2. The molecule has 5 nitrogen and oxygen atoms in total. The van der Waals surface area contributed by atoms with E-state index in [1.165, 1.54) is 6.42 Å². The topological polar surface area (TPSA) is 49.9 Å². The summed E-state index contributed by atoms with van der Waals surface area (Å²) in [6.45, 7) is 8.54. The van der Waals surface area contributed by atoms with Gasteiger partial charge in [-0.2, -0.15) is 0 Å². The summed E-state index contributed by atoms with van der Waals surface area (Å²) in [5.74, 6) is 0.0290. The number of amides is 1. The zero-order chi connectivity index (χ0) is 16.1. The SMILES string of the molecule is CCOC(=O)C1CCCN(CC(=O)N2C(C)CCCC2C)C1. The van der Waals surface area contributed by atoms with Crippen molar-refractivity contribution in [3.63, 3.8) is 0 Å². The number of carbonyl (C=O) groups excluding carboxylic acids is 2. The monoisotopic (exact) mass is 310 g/mol. The lowest BCUT2D eigenvalue weighted by Crippen LogP contribution is -2.52. The number of piperidine rings is 2. The third-order valence-electron chi connectivity index (χ3n) is 4.97. The van der Waals surface area contributed by atoms with Gasteiger partial charge in [-0.3, -0.25) is 14.5 Å². The molecule has 22 heavy (non-hydrogen) atoms. The van der Waals surface area contributed by atoms with Gasteiger partial charge in [0.25, 0.3) is 0 Å². The average Bonchev–Trinajstić information content (AvgIpc) is 2.47. The van der Waals surface area contributed by atoms with E-state index >= 15 is 0 Å². The molecule has 2 saturated heterocycles. The van der Waals surface area contributed by atoms with Crippen molar-refractivity contribution in [2.45, 2.75) is 65.0 Å². The molecule has 126 valence electrons. The van der Waals surface area contributed by atoms with Crippen molar-refractivity contribution in [2.75, 3.05) is 26.2 Å². The molecular weight excluding hydrogens is 280 g/mol. The molecule has 2 rings (SSSR count). The molecule has 0 spiro atoms. The van der Waals surface area contributed by atoms with Crippen LogP contribution in [0.5, 0.6) is 0 Å². The van der Waals surface area contributed by atoms with Gasteiger partial charge < -0.3 is 9.64 Å². The summed E-state index contributed by atoms with van der Waals surface area (Å²) in [7, 11) is 0. The summed E-state index contributed by atoms with van der Waals surface area (Å²) >= 11 is 0. The van der Waals surface area contributed by atoms with Crippen molar-refractivity contribution >= 4 is 11.9 Å². The fraction of sp³-hybridized carbons (Fsp3) is 0.882. The fourth-order valence-electron chi connectivity index (χ4n) is 3.84. The van der Waals surface area contributed by atoms with Crippen LogP contribution in [0.2, 0.25) is 0 Å². The molecule has 0 aromatic heterocycles. The maximum absolute atomic E-state index is 12.7. The molecule has 2 heterocycles. The summed E-state index contributed by atoms with van der Waals surface area (Å²) in [6, 6.07) is 0.670. The van der Waals surface area contributed by atoms with Crippen molar-refractivity contribution in [1.29, 1.82) is 0 Å². The molecule has 3 unspecified atom stereocenters. The van der Waals surface area contributed by atoms with E-state index in [1.54, 1.807) is 0 Å². The Morgan fingerprint density at radius 2 is 1.77 bits per heavy atom. The molecule has 2 fully saturated rings. The number of likely N-dealkylation sites (tertiary alicyclic amines) is 2. The minimum atomic E-state index is -0.112. The van der Waals surface area contributed by atoms with Crippen LogP contribution in [-0.2, 0) is 14.3 Å². The Labute approximate surface area is 134 Å². The van der Waals surface area contributed by atoms with E-state index in [0.717, 1.165) is 32.2 Å². The van der Waals surface area contributed by atoms with Gasteiger partial charge in [-0.15, -0.1) is 0 Å². The van der Waals surface area contributed by atoms with Crippen LogP contribution in [-0.4, -0.2) is 60.0 Å². The van der Waals surface area contributed by atoms with Crippen LogP contribution < -0.4 is 0 Å². The van der Waals surface area contributed by atoms with E-state index in [9.17, 15) is 9.59 Å². The Bertz CT molecular complexity index is 389. The van der Waals surface area contributed by atoms with Gasteiger partial charge in [-0.1, -0.05) is 0 Å². The molecule has 0 aromatic rings. The lowest BCUT2D eigenvalue weighted by atomic mass is 9.96. The number of esters is 1. The van der Waals surface area contributed by atoms with Gasteiger partial charge in [0.1, 0.15) is 0 Å². The van der Waals surface area contributed by atoms with Crippen molar-refractivity contribution in [3.05, 3.63) is 0 Å². The molecule has 0 aliphatic carbocycles. The number of nitrogens with zero attached hydrogens (tertiary/aromatic N) is 2. The van der Waals surface area contributed by atoms with Gasteiger partial charge >= 0.3 is 5.97 Å². The van der Waals surface area contributed by atoms with Crippen LogP contribution in [0.25, 0.3) is 0 Å². The highest BCUT2D eigenvalue weighted by Gasteiger charge is 2.32. The highest BCUT2D eigenvalue weighted by molar-refractivity contribution is 5.79. The van der Waals surface area contributed by atoms with Crippen LogP contribution in [0.3, 0.4) is 0 Å². The quantitative estimate of drug-likeness (QED) is 0.746. The van der Waals surface area contributed by atoms with Crippen molar-refractivity contribution in [1.82, 2.24) is 9.80 Å². The maximum atomic E-state index is 12.7. The third kappa shape index (κ3) is 4.22. The Morgan fingerprint density at radius 1 is 1.09 bits per heavy atom. The molecule has 3 atom stereocenters. The summed E-state index contributed by atoms with van der Waals surface area (Å²) < 4.78 is 5.12. The van der Waals surface area contributed by atoms with Crippen LogP contribution in [0.4, 0.5) is 0 Å². The van der Waals surface area contributed by atoms with E-state index in [1.807, 2.05) is 6.92 Å². The Hall–Kier alpha value is -1.10. The molecule has 1 amide bonds. The summed E-state index contributed by atoms with van der Waals surface area (Å²) in [5, 5.41) is 0. The second-order valence-corrected chi connectivity index (χ2v) is 6.76. The number of hydrogen-bond acceptors (Lipinski definition) is 4. The summed E-state index contributed by atoms with van der Waals surface area (Å²) in [6.07, 6.45) is 5.24. The second-order valence-electron chi connectivity index (χ2n) is 6.76. The minimum Gasteiger partial charge on any atom is -0.466 e. The fourth-order valence-corrected chi connectivity index (χ4v) is 3.84. The first kappa shape index (κ1) is 17.3. The zero-order valence-electron chi connectivity index (χ0n) is 14.2. The van der Waals surface area contributed by atoms with Crippen LogP contribution in [0, 0.1) is 5.92 Å². The third-order valence-corrected chi connectivity index (χ3v) is 4.97. The molecule has 0 N–H and O–H groups in total. The van der Waals surface area contributed by atoms with E-state index in [4.69, 9.17) is 4.74 Å². The van der Waals surface area contributed by atoms with E-state index < -0.39 is 0 Å². The average molecular weight is 310 g/mol. The van der Waals surface area contributed by atoms with Crippen molar-refractivity contribution in [3.8, 4) is 0 Å². The molecule has 0 radical (unpaired) electrons. The van der Waals surface area contributed by atoms with Gasteiger partial charge in [-0.25, -0.2) is 0 Å². The first-order valence-electron chi connectivity index (χ1n) is 8.73. The zero-order valence-corrected chi connectivity index (χ0v) is 14.2. The highest BCUT2D eigenvalue weighted by Crippen LogP contribution is 2.24. The first-order chi connectivity index (χ1) is 10.5. The van der Waals surface area contributed by atoms with E-state index in [2.05, 4.69) is 23.6 Å². The predicted octanol–water partition coefficient (Wildman–Crippen LogP) is 2.05. The minimum absolute atomic E-state index is 0.0716. The molecule has 2 aliphatic rings. The second kappa shape index (κ2) is 7.95. The molecule has 0 saturated carbocycles. The Balaban J connectivity index is 1.89. The van der Waals surface area contributed by atoms with E-state index in [0.29, 0.717) is 31.8 Å². The van der Waals surface area contributed by atoms with E-state index in [-0.39, 0.29) is 17.8 Å². The van der Waals surface area contributed by atoms with Crippen molar-refractivity contribution < 1.29 is 14.3 Å². The van der Waals surface area contributed by atoms with Crippen LogP contribution >= 0.6 is 0 Å². The number of rotatable bonds is 4.